The molecule has 4 nitrogen and oxygen atoms in total. The summed E-state index contributed by atoms with van der Waals surface area (Å²) in [6.45, 7) is 1.78. The number of fused-ring (bicyclic) bond motifs is 1. The predicted octanol–water partition coefficient (Wildman–Crippen LogP) is 3.68. The minimum absolute atomic E-state index is 0.246. The fourth-order valence-corrected chi connectivity index (χ4v) is 3.23. The van der Waals surface area contributed by atoms with Gasteiger partial charge in [0.1, 0.15) is 17.5 Å². The van der Waals surface area contributed by atoms with Crippen LogP contribution >= 0.6 is 11.8 Å². The molecule has 3 aromatic rings. The molecule has 0 atom stereocenters. The number of nitrogens with two attached hydrogens (primary N) is 1. The average molecular weight is 306 g/mol. The van der Waals surface area contributed by atoms with Crippen molar-refractivity contribution in [2.75, 3.05) is 5.73 Å². The highest BCUT2D eigenvalue weighted by molar-refractivity contribution is 7.98. The molecule has 0 aliphatic heterocycles. The summed E-state index contributed by atoms with van der Waals surface area (Å²) in [6.07, 6.45) is 0. The van der Waals surface area contributed by atoms with Gasteiger partial charge in [0, 0.05) is 5.75 Å². The van der Waals surface area contributed by atoms with E-state index >= 15 is 0 Å². The van der Waals surface area contributed by atoms with Crippen molar-refractivity contribution in [3.63, 3.8) is 0 Å². The Morgan fingerprint density at radius 2 is 1.91 bits per heavy atom. The Hall–Kier alpha value is -2.58. The topological polar surface area (TPSA) is 75.6 Å². The first kappa shape index (κ1) is 14.4. The zero-order chi connectivity index (χ0) is 15.5. The fraction of sp³-hybridized carbons (Fsp3) is 0.118. The van der Waals surface area contributed by atoms with E-state index in [1.54, 1.807) is 6.92 Å². The number of nitrogen functional groups attached to an aromatic ring is 1. The molecule has 2 N–H and O–H groups in total. The van der Waals surface area contributed by atoms with Crippen LogP contribution in [0.25, 0.3) is 10.8 Å². The number of anilines is 1. The van der Waals surface area contributed by atoms with Gasteiger partial charge in [0.25, 0.3) is 0 Å². The van der Waals surface area contributed by atoms with Crippen molar-refractivity contribution in [2.24, 2.45) is 0 Å². The number of hydrogen-bond donors (Lipinski definition) is 1. The Labute approximate surface area is 133 Å². The number of nitrogens with zero attached hydrogens (tertiary/aromatic N) is 3. The molecule has 0 unspecified atom stereocenters. The standard InChI is InChI=1S/C17H14N4S/c1-11-15(9-18)16(19)21-17(20-11)22-10-13-7-4-6-12-5-2-3-8-14(12)13/h2-8H,10H2,1H3,(H2,19,20,21). The number of hydrogen-bond acceptors (Lipinski definition) is 5. The van der Waals surface area contributed by atoms with E-state index < -0.39 is 0 Å². The summed E-state index contributed by atoms with van der Waals surface area (Å²) in [5.74, 6) is 1.00. The van der Waals surface area contributed by atoms with Gasteiger partial charge in [0.2, 0.25) is 0 Å². The lowest BCUT2D eigenvalue weighted by molar-refractivity contribution is 0.933. The fourth-order valence-electron chi connectivity index (χ4n) is 2.33. The summed E-state index contributed by atoms with van der Waals surface area (Å²) in [5, 5.41) is 12.1. The van der Waals surface area contributed by atoms with Crippen LogP contribution < -0.4 is 5.73 Å². The molecule has 0 bridgehead atoms. The molecule has 3 rings (SSSR count). The Morgan fingerprint density at radius 3 is 2.68 bits per heavy atom. The van der Waals surface area contributed by atoms with Crippen LogP contribution in [0.4, 0.5) is 5.82 Å². The van der Waals surface area contributed by atoms with Crippen LogP contribution in [0, 0.1) is 18.3 Å². The van der Waals surface area contributed by atoms with Crippen molar-refractivity contribution in [1.82, 2.24) is 9.97 Å². The van der Waals surface area contributed by atoms with Crippen LogP contribution in [-0.4, -0.2) is 9.97 Å². The van der Waals surface area contributed by atoms with E-state index in [2.05, 4.69) is 40.3 Å². The van der Waals surface area contributed by atoms with Crippen molar-refractivity contribution in [1.29, 1.82) is 5.26 Å². The highest BCUT2D eigenvalue weighted by atomic mass is 32.2. The highest BCUT2D eigenvalue weighted by Gasteiger charge is 2.10. The van der Waals surface area contributed by atoms with Gasteiger partial charge in [0.15, 0.2) is 5.16 Å². The Balaban J connectivity index is 1.87. The SMILES string of the molecule is Cc1nc(SCc2cccc3ccccc23)nc(N)c1C#N. The first-order chi connectivity index (χ1) is 10.7. The monoisotopic (exact) mass is 306 g/mol. The number of nitriles is 1. The van der Waals surface area contributed by atoms with E-state index in [-0.39, 0.29) is 5.82 Å². The zero-order valence-corrected chi connectivity index (χ0v) is 12.9. The van der Waals surface area contributed by atoms with Gasteiger partial charge in [0.05, 0.1) is 5.69 Å². The third kappa shape index (κ3) is 2.74. The third-order valence-corrected chi connectivity index (χ3v) is 4.34. The second-order valence-electron chi connectivity index (χ2n) is 4.89. The number of rotatable bonds is 3. The first-order valence-electron chi connectivity index (χ1n) is 6.82. The summed E-state index contributed by atoms with van der Waals surface area (Å²) >= 11 is 1.52. The molecule has 0 aliphatic rings. The number of benzene rings is 2. The van der Waals surface area contributed by atoms with Gasteiger partial charge in [-0.25, -0.2) is 9.97 Å². The van der Waals surface area contributed by atoms with Crippen molar-refractivity contribution < 1.29 is 0 Å². The maximum atomic E-state index is 9.00. The van der Waals surface area contributed by atoms with E-state index in [4.69, 9.17) is 11.0 Å². The smallest absolute Gasteiger partial charge is 0.190 e. The lowest BCUT2D eigenvalue weighted by atomic mass is 10.1. The molecule has 1 aromatic heterocycles. The summed E-state index contributed by atoms with van der Waals surface area (Å²) in [4.78, 5) is 8.56. The number of aromatic nitrogens is 2. The molecule has 5 heteroatoms. The molecule has 0 radical (unpaired) electrons. The molecule has 0 aliphatic carbocycles. The van der Waals surface area contributed by atoms with Crippen LogP contribution in [-0.2, 0) is 5.75 Å². The van der Waals surface area contributed by atoms with Crippen LogP contribution in [0.15, 0.2) is 47.6 Å². The maximum absolute atomic E-state index is 9.00. The summed E-state index contributed by atoms with van der Waals surface area (Å²) < 4.78 is 0. The van der Waals surface area contributed by atoms with Crippen LogP contribution in [0.5, 0.6) is 0 Å². The maximum Gasteiger partial charge on any atom is 0.190 e. The van der Waals surface area contributed by atoms with E-state index in [0.29, 0.717) is 16.4 Å². The van der Waals surface area contributed by atoms with Gasteiger partial charge in [-0.3, -0.25) is 0 Å². The zero-order valence-electron chi connectivity index (χ0n) is 12.1. The molecule has 0 amide bonds. The second-order valence-corrected chi connectivity index (χ2v) is 5.83. The normalized spacial score (nSPS) is 10.5. The quantitative estimate of drug-likeness (QED) is 0.590. The van der Waals surface area contributed by atoms with Gasteiger partial charge in [-0.05, 0) is 23.3 Å². The Kier molecular flexibility index (Phi) is 3.94. The van der Waals surface area contributed by atoms with Crippen molar-refractivity contribution in [2.45, 2.75) is 17.8 Å². The Bertz CT molecular complexity index is 855. The summed E-state index contributed by atoms with van der Waals surface area (Å²) in [7, 11) is 0. The largest absolute Gasteiger partial charge is 0.382 e. The average Bonchev–Trinajstić information content (AvgIpc) is 2.52. The van der Waals surface area contributed by atoms with Crippen molar-refractivity contribution >= 4 is 28.4 Å². The Morgan fingerprint density at radius 1 is 1.14 bits per heavy atom. The molecule has 0 saturated heterocycles. The van der Waals surface area contributed by atoms with E-state index in [0.717, 1.165) is 5.75 Å². The first-order valence-corrected chi connectivity index (χ1v) is 7.81. The minimum atomic E-state index is 0.246. The van der Waals surface area contributed by atoms with Gasteiger partial charge in [-0.15, -0.1) is 0 Å². The lowest BCUT2D eigenvalue weighted by Gasteiger charge is -2.07. The van der Waals surface area contributed by atoms with Gasteiger partial charge in [-0.2, -0.15) is 5.26 Å². The summed E-state index contributed by atoms with van der Waals surface area (Å²) in [6, 6.07) is 16.6. The molecule has 108 valence electrons. The molecule has 1 heterocycles. The molecule has 22 heavy (non-hydrogen) atoms. The second kappa shape index (κ2) is 6.04. The predicted molar refractivity (Wildman–Crippen MR) is 89.4 cm³/mol. The molecule has 0 spiro atoms. The van der Waals surface area contributed by atoms with Crippen LogP contribution in [0.1, 0.15) is 16.8 Å². The molecule has 0 fully saturated rings. The van der Waals surface area contributed by atoms with E-state index in [9.17, 15) is 0 Å². The van der Waals surface area contributed by atoms with Crippen LogP contribution in [0.2, 0.25) is 0 Å². The van der Waals surface area contributed by atoms with E-state index in [1.165, 1.54) is 28.1 Å². The van der Waals surface area contributed by atoms with Gasteiger partial charge in [-0.1, -0.05) is 54.2 Å². The molecular formula is C17H14N4S. The lowest BCUT2D eigenvalue weighted by Crippen LogP contribution is -2.02. The molecule has 0 saturated carbocycles. The van der Waals surface area contributed by atoms with Crippen molar-refractivity contribution in [3.05, 3.63) is 59.3 Å². The molecular weight excluding hydrogens is 292 g/mol. The van der Waals surface area contributed by atoms with Gasteiger partial charge < -0.3 is 5.73 Å². The van der Waals surface area contributed by atoms with E-state index in [1.807, 2.05) is 18.2 Å². The van der Waals surface area contributed by atoms with Gasteiger partial charge >= 0.3 is 0 Å². The number of aryl methyl sites for hydroxylation is 1. The highest BCUT2D eigenvalue weighted by Crippen LogP contribution is 2.26. The molecule has 2 aromatic carbocycles. The van der Waals surface area contributed by atoms with Crippen LogP contribution in [0.3, 0.4) is 0 Å². The third-order valence-electron chi connectivity index (χ3n) is 3.45. The van der Waals surface area contributed by atoms with Crippen molar-refractivity contribution in [3.8, 4) is 6.07 Å². The summed E-state index contributed by atoms with van der Waals surface area (Å²) in [5.41, 5.74) is 8.01. The number of thioether (sulfide) groups is 1. The minimum Gasteiger partial charge on any atom is -0.382 e.